The van der Waals surface area contributed by atoms with E-state index in [1.165, 1.54) is 55.6 Å². The molecule has 28 unspecified atom stereocenters. The lowest BCUT2D eigenvalue weighted by molar-refractivity contribution is -0.378. The van der Waals surface area contributed by atoms with Gasteiger partial charge in [-0.1, -0.05) is 83.9 Å². The van der Waals surface area contributed by atoms with Gasteiger partial charge in [-0.05, 0) is 107 Å². The van der Waals surface area contributed by atoms with E-state index in [4.69, 9.17) is 86.8 Å². The number of aliphatic hydroxyl groups is 12. The van der Waals surface area contributed by atoms with Crippen LogP contribution in [0.3, 0.4) is 0 Å². The van der Waals surface area contributed by atoms with Crippen molar-refractivity contribution in [2.24, 2.45) is 11.5 Å². The Morgan fingerprint density at radius 2 is 1.20 bits per heavy atom. The number of carboxylic acid groups (broad SMARTS) is 1. The van der Waals surface area contributed by atoms with Gasteiger partial charge in [0.1, 0.15) is 144 Å². The minimum atomic E-state index is -2.46. The highest BCUT2D eigenvalue weighted by Gasteiger charge is 2.54. The Kier molecular flexibility index (Phi) is 28.1. The number of hydrogen-bond acceptors (Lipinski definition) is 35. The number of carboxylic acids is 1. The molecule has 127 heavy (non-hydrogen) atoms. The van der Waals surface area contributed by atoms with Crippen molar-refractivity contribution in [3.8, 4) is 62.9 Å². The lowest BCUT2D eigenvalue weighted by Gasteiger charge is -2.45. The van der Waals surface area contributed by atoms with Crippen LogP contribution in [0.2, 0.25) is 10.0 Å². The number of carbonyl (C=O) groups is 7. The summed E-state index contributed by atoms with van der Waals surface area (Å²) in [6, 6.07) is 10.1. The molecule has 4 fully saturated rings. The lowest BCUT2D eigenvalue weighted by atomic mass is 9.89. The molecule has 0 radical (unpaired) electrons. The van der Waals surface area contributed by atoms with E-state index in [9.17, 15) is 91.3 Å². The number of halogens is 2. The van der Waals surface area contributed by atoms with Crippen LogP contribution in [0.5, 0.6) is 51.7 Å². The van der Waals surface area contributed by atoms with E-state index < -0.39 is 305 Å². The van der Waals surface area contributed by atoms with E-state index in [0.29, 0.717) is 5.56 Å². The van der Waals surface area contributed by atoms with Gasteiger partial charge in [0, 0.05) is 48.8 Å². The Balaban J connectivity index is 1.01. The summed E-state index contributed by atoms with van der Waals surface area (Å²) in [5.74, 6) is -15.8. The van der Waals surface area contributed by atoms with Crippen molar-refractivity contribution in [3.05, 3.63) is 182 Å². The normalized spacial score (nSPS) is 32.5. The van der Waals surface area contributed by atoms with Crippen molar-refractivity contribution < 1.29 is 167 Å². The van der Waals surface area contributed by atoms with Crippen LogP contribution in [-0.2, 0) is 73.1 Å². The second kappa shape index (κ2) is 38.6. The zero-order chi connectivity index (χ0) is 91.2. The third-order valence-electron chi connectivity index (χ3n) is 22.6. The highest BCUT2D eigenvalue weighted by Crippen LogP contribution is 2.51. The number of ether oxygens (including phenoxy) is 11. The van der Waals surface area contributed by atoms with Gasteiger partial charge in [0.05, 0.1) is 35.5 Å². The van der Waals surface area contributed by atoms with E-state index >= 15 is 24.0 Å². The minimum absolute atomic E-state index is 0.00121. The number of fused-ring (bicyclic) bond motifs is 15. The van der Waals surface area contributed by atoms with Gasteiger partial charge in [-0.3, -0.25) is 28.8 Å². The molecule has 0 saturated carbocycles. The molecule has 680 valence electrons. The number of carbonyl (C=O) groups excluding carboxylic acids is 6. The smallest absolute Gasteiger partial charge is 0.330 e. The van der Waals surface area contributed by atoms with Crippen LogP contribution in [0.4, 0.5) is 0 Å². The maximum atomic E-state index is 16.8. The third-order valence-corrected chi connectivity index (χ3v) is 23.2. The summed E-state index contributed by atoms with van der Waals surface area (Å²) in [7, 11) is 1.36. The fourth-order valence-corrected chi connectivity index (χ4v) is 16.2. The van der Waals surface area contributed by atoms with Crippen LogP contribution in [0, 0.1) is 0 Å². The maximum absolute atomic E-state index is 16.8. The van der Waals surface area contributed by atoms with Gasteiger partial charge in [0.25, 0.3) is 0 Å². The highest BCUT2D eigenvalue weighted by atomic mass is 35.5. The van der Waals surface area contributed by atoms with Crippen molar-refractivity contribution in [2.75, 3.05) is 20.3 Å². The van der Waals surface area contributed by atoms with Crippen molar-refractivity contribution in [2.45, 2.75) is 191 Å². The second-order valence-electron chi connectivity index (χ2n) is 31.0. The minimum Gasteiger partial charge on any atom is -0.508 e. The molecule has 9 heterocycles. The molecule has 7 aromatic rings. The molecular weight excluding hydrogens is 1720 g/mol. The van der Waals surface area contributed by atoms with Gasteiger partial charge < -0.3 is 177 Å². The number of rotatable bonds is 17. The molecule has 16 rings (SSSR count). The molecule has 0 spiro atoms. The summed E-state index contributed by atoms with van der Waals surface area (Å²) in [5, 5.41) is 194. The molecule has 11 bridgehead atoms. The van der Waals surface area contributed by atoms with Crippen LogP contribution in [0.1, 0.15) is 88.7 Å². The van der Waals surface area contributed by atoms with Crippen LogP contribution < -0.4 is 62.3 Å². The van der Waals surface area contributed by atoms with Crippen LogP contribution in [-0.4, -0.2) is 278 Å². The summed E-state index contributed by atoms with van der Waals surface area (Å²) in [5.41, 5.74) is 10.3. The standard InChI is InChI=1S/C83H90Cl2N8O34/c1-29-69(117-2)42(86)26-52(118-29)124-70-34-12-17-46(41(85)21-34)120-49-23-35-22-48(71(49)125-83-72(65(104)62(101)51(28-95)123-83)126-82-68(107)64(103)66(105)80(116)127-82)119-37-13-8-31(9-14-37)60(99)58(92-74(109)54(87)32-10-16-45(98)40(84)20-32)77(112)88-43(18-30-6-4-3-5-7-30)73(108)89-56(35)76(111)90-55-33-11-15-44(97)38(19-33)53-39(57(79(114)115)91-78(113)59(70)93-75(55)110)24-36(96)25-47(53)121-81-67(106)63(102)61(100)50(27-94)122-81/h3-17,19-25,29,42-43,50-52,54-70,72,80-83,94-107,116H,18,26-28,86-87H2,1-2H3,(H,88,112)(H,89,108)(H,90,111)(H,91,113)(H,92,109)(H,93,110)(H,114,115). The van der Waals surface area contributed by atoms with Gasteiger partial charge in [-0.25, -0.2) is 4.79 Å². The zero-order valence-electron chi connectivity index (χ0n) is 66.6. The van der Waals surface area contributed by atoms with Crippen LogP contribution >= 0.6 is 23.2 Å². The van der Waals surface area contributed by atoms with Crippen molar-refractivity contribution in [1.82, 2.24) is 31.9 Å². The Morgan fingerprint density at radius 3 is 1.87 bits per heavy atom. The van der Waals surface area contributed by atoms with Gasteiger partial charge in [0.2, 0.25) is 53.8 Å². The predicted octanol–water partition coefficient (Wildman–Crippen LogP) is -2.24. The largest absolute Gasteiger partial charge is 0.508 e. The third kappa shape index (κ3) is 19.3. The Bertz CT molecular complexity index is 5230. The Hall–Kier alpha value is -10.8. The molecule has 28 atom stereocenters. The summed E-state index contributed by atoms with van der Waals surface area (Å²) in [6.45, 7) is -0.531. The Labute approximate surface area is 728 Å². The topological polar surface area (TPSA) is 669 Å². The SMILES string of the molecule is COC1C(N)CC(OC2c3ccc(c(Cl)c3)Oc3cc4cc(c3OC3OC(CO)C(O)C(O)C3OC3OC(O)C(O)C(O)C3O)Oc3ccc(cc3)C(O)C(NC(=O)C(N)c3ccc(O)c(Cl)c3)C(=O)NC(Cc3ccccc3)C(=O)NC4C(=O)NC3C(=O)NC2C(=O)NC(C(=O)O)c2cc(O)cc(OC4OC(CO)C(O)C(O)C4O)c2-c2cc3ccc2O)OC1C. The zero-order valence-corrected chi connectivity index (χ0v) is 68.1. The number of aliphatic hydroxyl groups excluding tert-OH is 12. The highest BCUT2D eigenvalue weighted by molar-refractivity contribution is 6.32. The van der Waals surface area contributed by atoms with E-state index in [0.717, 1.165) is 66.7 Å². The first-order valence-corrected chi connectivity index (χ1v) is 40.3. The van der Waals surface area contributed by atoms with E-state index in [-0.39, 0.29) is 39.6 Å². The number of benzene rings is 7. The number of aliphatic carboxylic acids is 1. The number of phenolic OH excluding ortho intramolecular Hbond substituents is 3. The average Bonchev–Trinajstić information content (AvgIpc) is 0.754. The molecule has 0 aliphatic carbocycles. The first-order valence-electron chi connectivity index (χ1n) is 39.5. The molecule has 26 N–H and O–H groups in total. The number of hydrogen-bond donors (Lipinski definition) is 24. The first kappa shape index (κ1) is 92.4. The number of amides is 6. The second-order valence-corrected chi connectivity index (χ2v) is 31.9. The number of aromatic hydroxyl groups is 3. The maximum Gasteiger partial charge on any atom is 0.330 e. The molecule has 9 aliphatic heterocycles. The fraction of sp³-hybridized carbons (Fsp3) is 0.410. The van der Waals surface area contributed by atoms with Gasteiger partial charge in [-0.2, -0.15) is 0 Å². The predicted molar refractivity (Wildman–Crippen MR) is 429 cm³/mol. The molecule has 7 aromatic carbocycles. The monoisotopic (exact) mass is 1810 g/mol. The van der Waals surface area contributed by atoms with Gasteiger partial charge in [-0.15, -0.1) is 0 Å². The summed E-state index contributed by atoms with van der Waals surface area (Å²) in [4.78, 5) is 110. The first-order chi connectivity index (χ1) is 60.5. The lowest BCUT2D eigenvalue weighted by Crippen LogP contribution is -2.64. The van der Waals surface area contributed by atoms with Crippen LogP contribution in [0.25, 0.3) is 11.1 Å². The average molecular weight is 1810 g/mol. The molecule has 42 nitrogen and oxygen atoms in total. The number of nitrogens with one attached hydrogen (secondary N) is 6. The molecule has 0 aromatic heterocycles. The molecule has 4 saturated heterocycles. The van der Waals surface area contributed by atoms with Crippen molar-refractivity contribution in [1.29, 1.82) is 0 Å². The fourth-order valence-electron chi connectivity index (χ4n) is 15.8. The van der Waals surface area contributed by atoms with E-state index in [2.05, 4.69) is 31.9 Å². The van der Waals surface area contributed by atoms with Crippen molar-refractivity contribution >= 4 is 64.6 Å². The molecule has 44 heteroatoms. The number of nitrogens with two attached hydrogens (primary N) is 2. The number of methoxy groups -OCH3 is 1. The van der Waals surface area contributed by atoms with Gasteiger partial charge in [0.15, 0.2) is 42.5 Å². The molecular formula is C83H90Cl2N8O34. The van der Waals surface area contributed by atoms with Crippen LogP contribution in [0.15, 0.2) is 133 Å². The molecule has 9 aliphatic rings. The summed E-state index contributed by atoms with van der Waals surface area (Å²) >= 11 is 13.7. The van der Waals surface area contributed by atoms with Gasteiger partial charge >= 0.3 is 5.97 Å². The molecule has 6 amide bonds. The van der Waals surface area contributed by atoms with E-state index in [1.54, 1.807) is 25.1 Å². The quantitative estimate of drug-likeness (QED) is 0.0458. The summed E-state index contributed by atoms with van der Waals surface area (Å²) in [6.07, 6.45) is -40.2. The van der Waals surface area contributed by atoms with Crippen molar-refractivity contribution in [3.63, 3.8) is 0 Å². The Morgan fingerprint density at radius 1 is 0.567 bits per heavy atom. The summed E-state index contributed by atoms with van der Waals surface area (Å²) < 4.78 is 68.3. The number of phenols is 3. The van der Waals surface area contributed by atoms with E-state index in [1.807, 2.05) is 0 Å².